The van der Waals surface area contributed by atoms with Gasteiger partial charge in [-0.3, -0.25) is 9.58 Å². The zero-order valence-electron chi connectivity index (χ0n) is 14.6. The standard InChI is InChI=1S/C19H22N4O2/c1-22-12-16(11-21-22)8-15-6-7-23(13-15)18(19(24)25-2)17-5-3-4-14(9-17)10-20/h3-5,9,11-12,15,18H,6-8,13H2,1-2H3/t15-,18-/m1/s1. The zero-order valence-corrected chi connectivity index (χ0v) is 14.6. The summed E-state index contributed by atoms with van der Waals surface area (Å²) in [7, 11) is 3.33. The Morgan fingerprint density at radius 3 is 3.04 bits per heavy atom. The van der Waals surface area contributed by atoms with Gasteiger partial charge in [-0.25, -0.2) is 4.79 Å². The lowest BCUT2D eigenvalue weighted by Gasteiger charge is -2.26. The van der Waals surface area contributed by atoms with Crippen LogP contribution in [0.3, 0.4) is 0 Å². The second-order valence-corrected chi connectivity index (χ2v) is 6.54. The normalized spacial score (nSPS) is 18.7. The highest BCUT2D eigenvalue weighted by atomic mass is 16.5. The Bertz CT molecular complexity index is 793. The minimum Gasteiger partial charge on any atom is -0.468 e. The van der Waals surface area contributed by atoms with Gasteiger partial charge in [0.2, 0.25) is 0 Å². The summed E-state index contributed by atoms with van der Waals surface area (Å²) in [6, 6.07) is 8.89. The van der Waals surface area contributed by atoms with E-state index in [0.29, 0.717) is 11.5 Å². The van der Waals surface area contributed by atoms with Crippen molar-refractivity contribution in [1.82, 2.24) is 14.7 Å². The summed E-state index contributed by atoms with van der Waals surface area (Å²) in [6.07, 6.45) is 5.92. The average molecular weight is 338 g/mol. The van der Waals surface area contributed by atoms with E-state index in [-0.39, 0.29) is 5.97 Å². The van der Waals surface area contributed by atoms with Crippen LogP contribution < -0.4 is 0 Å². The van der Waals surface area contributed by atoms with E-state index in [1.807, 2.05) is 36.3 Å². The van der Waals surface area contributed by atoms with Gasteiger partial charge in [-0.05, 0) is 48.6 Å². The molecule has 2 heterocycles. The van der Waals surface area contributed by atoms with E-state index >= 15 is 0 Å². The molecule has 1 aliphatic heterocycles. The fourth-order valence-electron chi connectivity index (χ4n) is 3.56. The zero-order chi connectivity index (χ0) is 17.8. The van der Waals surface area contributed by atoms with Crippen LogP contribution >= 0.6 is 0 Å². The molecule has 0 radical (unpaired) electrons. The van der Waals surface area contributed by atoms with Crippen LogP contribution in [0.1, 0.15) is 29.2 Å². The van der Waals surface area contributed by atoms with E-state index in [1.165, 1.54) is 12.7 Å². The average Bonchev–Trinajstić information content (AvgIpc) is 3.24. The van der Waals surface area contributed by atoms with Crippen molar-refractivity contribution >= 4 is 5.97 Å². The predicted molar refractivity (Wildman–Crippen MR) is 92.5 cm³/mol. The fraction of sp³-hybridized carbons (Fsp3) is 0.421. The van der Waals surface area contributed by atoms with E-state index in [0.717, 1.165) is 31.5 Å². The highest BCUT2D eigenvalue weighted by Crippen LogP contribution is 2.30. The number of methoxy groups -OCH3 is 1. The number of rotatable bonds is 5. The SMILES string of the molecule is COC(=O)[C@@H](c1cccc(C#N)c1)N1CC[C@H](Cc2cnn(C)c2)C1. The third-order valence-corrected chi connectivity index (χ3v) is 4.72. The third kappa shape index (κ3) is 3.89. The first-order chi connectivity index (χ1) is 12.1. The molecule has 0 saturated carbocycles. The number of likely N-dealkylation sites (tertiary alicyclic amines) is 1. The van der Waals surface area contributed by atoms with Crippen LogP contribution in [-0.2, 0) is 23.0 Å². The van der Waals surface area contributed by atoms with Crippen molar-refractivity contribution < 1.29 is 9.53 Å². The molecule has 1 aromatic heterocycles. The monoisotopic (exact) mass is 338 g/mol. The first-order valence-electron chi connectivity index (χ1n) is 8.40. The molecule has 2 atom stereocenters. The van der Waals surface area contributed by atoms with Gasteiger partial charge < -0.3 is 4.74 Å². The molecule has 0 aliphatic carbocycles. The highest BCUT2D eigenvalue weighted by molar-refractivity contribution is 5.77. The Kier molecular flexibility index (Phi) is 5.15. The van der Waals surface area contributed by atoms with Crippen LogP contribution in [0.25, 0.3) is 0 Å². The van der Waals surface area contributed by atoms with Gasteiger partial charge >= 0.3 is 5.97 Å². The first-order valence-corrected chi connectivity index (χ1v) is 8.40. The maximum absolute atomic E-state index is 12.4. The Morgan fingerprint density at radius 2 is 2.36 bits per heavy atom. The maximum atomic E-state index is 12.4. The molecule has 0 N–H and O–H groups in total. The maximum Gasteiger partial charge on any atom is 0.327 e. The summed E-state index contributed by atoms with van der Waals surface area (Å²) >= 11 is 0. The number of aromatic nitrogens is 2. The Hall–Kier alpha value is -2.65. The Balaban J connectivity index is 1.76. The molecule has 1 saturated heterocycles. The van der Waals surface area contributed by atoms with Crippen LogP contribution in [-0.4, -0.2) is 40.8 Å². The minimum absolute atomic E-state index is 0.280. The van der Waals surface area contributed by atoms with Crippen LogP contribution in [0.15, 0.2) is 36.7 Å². The Labute approximate surface area is 147 Å². The molecular weight excluding hydrogens is 316 g/mol. The highest BCUT2D eigenvalue weighted by Gasteiger charge is 2.34. The molecule has 2 aromatic rings. The number of carbonyl (C=O) groups is 1. The molecule has 1 aromatic carbocycles. The molecule has 1 aliphatic rings. The second kappa shape index (κ2) is 7.49. The van der Waals surface area contributed by atoms with Crippen molar-refractivity contribution in [3.8, 4) is 6.07 Å². The molecule has 130 valence electrons. The van der Waals surface area contributed by atoms with E-state index in [4.69, 9.17) is 10.00 Å². The van der Waals surface area contributed by atoms with Crippen LogP contribution in [0.2, 0.25) is 0 Å². The smallest absolute Gasteiger partial charge is 0.327 e. The molecule has 25 heavy (non-hydrogen) atoms. The van der Waals surface area contributed by atoms with Crippen LogP contribution in [0.4, 0.5) is 0 Å². The number of aryl methyl sites for hydroxylation is 1. The molecule has 6 nitrogen and oxygen atoms in total. The van der Waals surface area contributed by atoms with Crippen molar-refractivity contribution in [3.63, 3.8) is 0 Å². The number of ether oxygens (including phenoxy) is 1. The summed E-state index contributed by atoms with van der Waals surface area (Å²) in [5.41, 5.74) is 2.58. The second-order valence-electron chi connectivity index (χ2n) is 6.54. The summed E-state index contributed by atoms with van der Waals surface area (Å²) in [5, 5.41) is 13.3. The van der Waals surface area contributed by atoms with Gasteiger partial charge in [-0.15, -0.1) is 0 Å². The molecule has 0 bridgehead atoms. The van der Waals surface area contributed by atoms with Crippen LogP contribution in [0.5, 0.6) is 0 Å². The topological polar surface area (TPSA) is 71.2 Å². The third-order valence-electron chi connectivity index (χ3n) is 4.72. The number of hydrogen-bond donors (Lipinski definition) is 0. The van der Waals surface area contributed by atoms with Crippen molar-refractivity contribution in [1.29, 1.82) is 5.26 Å². The van der Waals surface area contributed by atoms with Crippen molar-refractivity contribution in [2.24, 2.45) is 13.0 Å². The van der Waals surface area contributed by atoms with Gasteiger partial charge in [-0.2, -0.15) is 10.4 Å². The number of benzene rings is 1. The molecular formula is C19H22N4O2. The first kappa shape index (κ1) is 17.2. The lowest BCUT2D eigenvalue weighted by molar-refractivity contribution is -0.147. The lowest BCUT2D eigenvalue weighted by atomic mass is 10.0. The summed E-state index contributed by atoms with van der Waals surface area (Å²) in [4.78, 5) is 14.6. The molecule has 3 rings (SSSR count). The largest absolute Gasteiger partial charge is 0.468 e. The van der Waals surface area contributed by atoms with Crippen molar-refractivity contribution in [2.45, 2.75) is 18.9 Å². The minimum atomic E-state index is -0.461. The van der Waals surface area contributed by atoms with E-state index in [9.17, 15) is 4.79 Å². The summed E-state index contributed by atoms with van der Waals surface area (Å²) in [5.74, 6) is 0.202. The Morgan fingerprint density at radius 1 is 1.52 bits per heavy atom. The molecule has 1 fully saturated rings. The van der Waals surface area contributed by atoms with Gasteiger partial charge in [0.25, 0.3) is 0 Å². The molecule has 0 unspecified atom stereocenters. The van der Waals surface area contributed by atoms with E-state index < -0.39 is 6.04 Å². The number of esters is 1. The number of carbonyl (C=O) groups excluding carboxylic acids is 1. The number of nitrogens with zero attached hydrogens (tertiary/aromatic N) is 4. The van der Waals surface area contributed by atoms with E-state index in [1.54, 1.807) is 12.1 Å². The predicted octanol–water partition coefficient (Wildman–Crippen LogP) is 2.07. The van der Waals surface area contributed by atoms with Gasteiger partial charge in [-0.1, -0.05) is 12.1 Å². The van der Waals surface area contributed by atoms with Crippen molar-refractivity contribution in [3.05, 3.63) is 53.3 Å². The van der Waals surface area contributed by atoms with Gasteiger partial charge in [0, 0.05) is 19.8 Å². The number of hydrogen-bond acceptors (Lipinski definition) is 5. The van der Waals surface area contributed by atoms with Crippen LogP contribution in [0, 0.1) is 17.2 Å². The van der Waals surface area contributed by atoms with Gasteiger partial charge in [0.1, 0.15) is 6.04 Å². The quantitative estimate of drug-likeness (QED) is 0.781. The molecule has 0 spiro atoms. The van der Waals surface area contributed by atoms with Crippen molar-refractivity contribution in [2.75, 3.05) is 20.2 Å². The summed E-state index contributed by atoms with van der Waals surface area (Å²) < 4.78 is 6.84. The molecule has 6 heteroatoms. The van der Waals surface area contributed by atoms with E-state index in [2.05, 4.69) is 16.1 Å². The fourth-order valence-corrected chi connectivity index (χ4v) is 3.56. The summed E-state index contributed by atoms with van der Waals surface area (Å²) in [6.45, 7) is 1.66. The lowest BCUT2D eigenvalue weighted by Crippen LogP contribution is -2.33. The molecule has 0 amide bonds. The number of nitriles is 1. The van der Waals surface area contributed by atoms with Gasteiger partial charge in [0.15, 0.2) is 0 Å². The van der Waals surface area contributed by atoms with Gasteiger partial charge in [0.05, 0.1) is 24.9 Å².